The molecule has 3 nitrogen and oxygen atoms in total. The summed E-state index contributed by atoms with van der Waals surface area (Å²) in [4.78, 5) is 15.5. The number of benzene rings is 1. The van der Waals surface area contributed by atoms with Crippen molar-refractivity contribution in [2.24, 2.45) is 0 Å². The maximum Gasteiger partial charge on any atom is 0.315 e. The van der Waals surface area contributed by atoms with Crippen LogP contribution in [0.2, 0.25) is 5.02 Å². The van der Waals surface area contributed by atoms with Crippen LogP contribution in [0, 0.1) is 0 Å². The lowest BCUT2D eigenvalue weighted by Gasteiger charge is -2.03. The molecule has 0 spiro atoms. The topological polar surface area (TPSA) is 39.2 Å². The van der Waals surface area contributed by atoms with Crippen LogP contribution in [0.25, 0.3) is 0 Å². The van der Waals surface area contributed by atoms with E-state index in [9.17, 15) is 4.79 Å². The zero-order chi connectivity index (χ0) is 12.1. The van der Waals surface area contributed by atoms with E-state index in [4.69, 9.17) is 16.3 Å². The Kier molecular flexibility index (Phi) is 3.73. The summed E-state index contributed by atoms with van der Waals surface area (Å²) in [7, 11) is 0. The largest absolute Gasteiger partial charge is 0.426 e. The molecule has 0 fully saturated rings. The standard InChI is InChI=1S/C13H10ClNO2/c14-11-3-5-12(6-4-11)17-13(16)8-10-2-1-7-15-9-10/h1-7,9H,8H2. The maximum atomic E-state index is 11.6. The summed E-state index contributed by atoms with van der Waals surface area (Å²) in [6.07, 6.45) is 3.51. The molecule has 2 rings (SSSR count). The van der Waals surface area contributed by atoms with Gasteiger partial charge in [0, 0.05) is 17.4 Å². The molecule has 0 saturated heterocycles. The monoisotopic (exact) mass is 247 g/mol. The number of pyridine rings is 1. The second kappa shape index (κ2) is 5.46. The number of nitrogens with zero attached hydrogens (tertiary/aromatic N) is 1. The van der Waals surface area contributed by atoms with Gasteiger partial charge in [0.1, 0.15) is 5.75 Å². The first-order chi connectivity index (χ1) is 8.24. The average Bonchev–Trinajstić information content (AvgIpc) is 2.33. The van der Waals surface area contributed by atoms with Crippen molar-refractivity contribution in [3.63, 3.8) is 0 Å². The van der Waals surface area contributed by atoms with Gasteiger partial charge in [-0.05, 0) is 35.9 Å². The summed E-state index contributed by atoms with van der Waals surface area (Å²) in [5, 5.41) is 0.608. The molecule has 1 aromatic carbocycles. The predicted octanol–water partition coefficient (Wildman–Crippen LogP) is 2.88. The zero-order valence-corrected chi connectivity index (χ0v) is 9.72. The van der Waals surface area contributed by atoms with E-state index in [2.05, 4.69) is 4.98 Å². The van der Waals surface area contributed by atoms with E-state index >= 15 is 0 Å². The SMILES string of the molecule is O=C(Cc1cccnc1)Oc1ccc(Cl)cc1. The van der Waals surface area contributed by atoms with Crippen LogP contribution >= 0.6 is 11.6 Å². The molecular weight excluding hydrogens is 238 g/mol. The van der Waals surface area contributed by atoms with E-state index in [0.29, 0.717) is 10.8 Å². The lowest BCUT2D eigenvalue weighted by atomic mass is 10.2. The third kappa shape index (κ3) is 3.57. The molecule has 1 heterocycles. The van der Waals surface area contributed by atoms with Gasteiger partial charge in [-0.3, -0.25) is 9.78 Å². The van der Waals surface area contributed by atoms with E-state index in [1.54, 1.807) is 42.7 Å². The van der Waals surface area contributed by atoms with Crippen LogP contribution in [0.5, 0.6) is 5.75 Å². The van der Waals surface area contributed by atoms with Crippen LogP contribution in [0.15, 0.2) is 48.8 Å². The molecule has 0 aliphatic carbocycles. The van der Waals surface area contributed by atoms with Crippen molar-refractivity contribution >= 4 is 17.6 Å². The molecule has 17 heavy (non-hydrogen) atoms. The van der Waals surface area contributed by atoms with Gasteiger partial charge in [0.05, 0.1) is 6.42 Å². The predicted molar refractivity (Wildman–Crippen MR) is 65.0 cm³/mol. The Labute approximate surface area is 104 Å². The Balaban J connectivity index is 1.96. The Morgan fingerprint density at radius 2 is 2.00 bits per heavy atom. The molecule has 0 unspecified atom stereocenters. The highest BCUT2D eigenvalue weighted by Crippen LogP contribution is 2.16. The Morgan fingerprint density at radius 3 is 2.65 bits per heavy atom. The number of rotatable bonds is 3. The first kappa shape index (κ1) is 11.6. The summed E-state index contributed by atoms with van der Waals surface area (Å²) < 4.78 is 5.15. The smallest absolute Gasteiger partial charge is 0.315 e. The number of esters is 1. The summed E-state index contributed by atoms with van der Waals surface area (Å²) in [5.41, 5.74) is 0.825. The summed E-state index contributed by atoms with van der Waals surface area (Å²) in [5.74, 6) is 0.170. The fourth-order valence-corrected chi connectivity index (χ4v) is 1.47. The van der Waals surface area contributed by atoms with E-state index in [1.807, 2.05) is 6.07 Å². The van der Waals surface area contributed by atoms with Crippen molar-refractivity contribution in [1.82, 2.24) is 4.98 Å². The van der Waals surface area contributed by atoms with Gasteiger partial charge in [-0.1, -0.05) is 17.7 Å². The maximum absolute atomic E-state index is 11.6. The molecule has 2 aromatic rings. The van der Waals surface area contributed by atoms with Gasteiger partial charge < -0.3 is 4.74 Å². The van der Waals surface area contributed by atoms with Crippen LogP contribution < -0.4 is 4.74 Å². The van der Waals surface area contributed by atoms with E-state index < -0.39 is 0 Å². The second-order valence-electron chi connectivity index (χ2n) is 3.47. The first-order valence-corrected chi connectivity index (χ1v) is 5.47. The van der Waals surface area contributed by atoms with Gasteiger partial charge in [0.25, 0.3) is 0 Å². The van der Waals surface area contributed by atoms with Crippen molar-refractivity contribution in [3.05, 3.63) is 59.4 Å². The quantitative estimate of drug-likeness (QED) is 0.618. The van der Waals surface area contributed by atoms with E-state index in [1.165, 1.54) is 0 Å². The minimum absolute atomic E-state index is 0.205. The molecule has 0 bridgehead atoms. The minimum atomic E-state index is -0.319. The molecule has 1 aromatic heterocycles. The normalized spacial score (nSPS) is 9.94. The lowest BCUT2D eigenvalue weighted by molar-refractivity contribution is -0.133. The molecule has 0 atom stereocenters. The summed E-state index contributed by atoms with van der Waals surface area (Å²) >= 11 is 5.73. The highest BCUT2D eigenvalue weighted by Gasteiger charge is 2.06. The third-order valence-electron chi connectivity index (χ3n) is 2.12. The molecular formula is C13H10ClNO2. The highest BCUT2D eigenvalue weighted by molar-refractivity contribution is 6.30. The number of hydrogen-bond acceptors (Lipinski definition) is 3. The molecule has 0 aliphatic rings. The van der Waals surface area contributed by atoms with Crippen molar-refractivity contribution in [3.8, 4) is 5.75 Å². The minimum Gasteiger partial charge on any atom is -0.426 e. The van der Waals surface area contributed by atoms with Gasteiger partial charge in [-0.15, -0.1) is 0 Å². The van der Waals surface area contributed by atoms with Crippen LogP contribution in [-0.2, 0) is 11.2 Å². The van der Waals surface area contributed by atoms with Gasteiger partial charge in [0.2, 0.25) is 0 Å². The number of hydrogen-bond donors (Lipinski definition) is 0. The Morgan fingerprint density at radius 1 is 1.24 bits per heavy atom. The number of ether oxygens (including phenoxy) is 1. The molecule has 0 amide bonds. The molecule has 86 valence electrons. The van der Waals surface area contributed by atoms with Crippen LogP contribution in [0.4, 0.5) is 0 Å². The number of carbonyl (C=O) groups is 1. The molecule has 0 N–H and O–H groups in total. The lowest BCUT2D eigenvalue weighted by Crippen LogP contribution is -2.11. The first-order valence-electron chi connectivity index (χ1n) is 5.09. The fraction of sp³-hybridized carbons (Fsp3) is 0.0769. The van der Waals surface area contributed by atoms with Crippen LogP contribution in [0.1, 0.15) is 5.56 Å². The number of carbonyl (C=O) groups excluding carboxylic acids is 1. The average molecular weight is 248 g/mol. The third-order valence-corrected chi connectivity index (χ3v) is 2.37. The fourth-order valence-electron chi connectivity index (χ4n) is 1.34. The van der Waals surface area contributed by atoms with Gasteiger partial charge >= 0.3 is 5.97 Å². The molecule has 0 radical (unpaired) electrons. The summed E-state index contributed by atoms with van der Waals surface area (Å²) in [6, 6.07) is 10.3. The summed E-state index contributed by atoms with van der Waals surface area (Å²) in [6.45, 7) is 0. The van der Waals surface area contributed by atoms with Crippen molar-refractivity contribution in [2.75, 3.05) is 0 Å². The number of aromatic nitrogens is 1. The highest BCUT2D eigenvalue weighted by atomic mass is 35.5. The van der Waals surface area contributed by atoms with Crippen molar-refractivity contribution < 1.29 is 9.53 Å². The molecule has 4 heteroatoms. The van der Waals surface area contributed by atoms with Crippen molar-refractivity contribution in [2.45, 2.75) is 6.42 Å². The van der Waals surface area contributed by atoms with Crippen LogP contribution in [-0.4, -0.2) is 11.0 Å². The molecule has 0 aliphatic heterocycles. The van der Waals surface area contributed by atoms with Crippen molar-refractivity contribution in [1.29, 1.82) is 0 Å². The Bertz CT molecular complexity index is 497. The second-order valence-corrected chi connectivity index (χ2v) is 3.90. The number of halogens is 1. The zero-order valence-electron chi connectivity index (χ0n) is 8.97. The van der Waals surface area contributed by atoms with Crippen LogP contribution in [0.3, 0.4) is 0 Å². The van der Waals surface area contributed by atoms with Gasteiger partial charge in [0.15, 0.2) is 0 Å². The van der Waals surface area contributed by atoms with Gasteiger partial charge in [-0.25, -0.2) is 0 Å². The Hall–Kier alpha value is -1.87. The van der Waals surface area contributed by atoms with E-state index in [-0.39, 0.29) is 12.4 Å². The van der Waals surface area contributed by atoms with Gasteiger partial charge in [-0.2, -0.15) is 0 Å². The molecule has 0 saturated carbocycles. The van der Waals surface area contributed by atoms with E-state index in [0.717, 1.165) is 5.56 Å².